The maximum Gasteiger partial charge on any atom is 0.0645 e. The van der Waals surface area contributed by atoms with Crippen LogP contribution in [0.5, 0.6) is 0 Å². The zero-order valence-electron chi connectivity index (χ0n) is 30.4. The fourth-order valence-electron chi connectivity index (χ4n) is 6.35. The molecule has 0 aliphatic heterocycles. The molecular weight excluding hydrogens is 551 g/mol. The molecule has 9 aromatic rings. The van der Waals surface area contributed by atoms with Crippen molar-refractivity contribution < 1.29 is 9.60 Å². The number of hydrogen-bond donors (Lipinski definition) is 0. The van der Waals surface area contributed by atoms with E-state index in [1.165, 1.54) is 0 Å². The Balaban J connectivity index is 1.40. The summed E-state index contributed by atoms with van der Waals surface area (Å²) in [5.74, 6) is 0. The van der Waals surface area contributed by atoms with Gasteiger partial charge in [-0.15, -0.1) is 11.3 Å². The topological polar surface area (TPSA) is 3.24 Å². The first-order chi connectivity index (χ1) is 24.7. The number of rotatable bonds is 4. The second-order valence-electron chi connectivity index (χ2n) is 10.8. The summed E-state index contributed by atoms with van der Waals surface area (Å²) >= 11 is 1.14. The largest absolute Gasteiger partial charge is 0.308 e. The van der Waals surface area contributed by atoms with Crippen LogP contribution in [0, 0.1) is 0 Å². The molecule has 0 bridgehead atoms. The van der Waals surface area contributed by atoms with Gasteiger partial charge in [-0.2, -0.15) is 0 Å². The minimum atomic E-state index is -0.393. The Morgan fingerprint density at radius 2 is 1.16 bits per heavy atom. The Morgan fingerprint density at radius 1 is 0.477 bits per heavy atom. The van der Waals surface area contributed by atoms with Gasteiger partial charge >= 0.3 is 0 Å². The lowest BCUT2D eigenvalue weighted by molar-refractivity contribution is 1.32. The summed E-state index contributed by atoms with van der Waals surface area (Å²) in [5.41, 5.74) is 3.95. The molecule has 0 amide bonds. The van der Waals surface area contributed by atoms with E-state index in [0.29, 0.717) is 15.1 Å². The molecule has 0 radical (unpaired) electrons. The van der Waals surface area contributed by atoms with Gasteiger partial charge in [0.15, 0.2) is 0 Å². The van der Waals surface area contributed by atoms with Crippen LogP contribution in [0.4, 0.5) is 17.1 Å². The Hall–Kier alpha value is -5.44. The summed E-state index contributed by atoms with van der Waals surface area (Å²) in [6, 6.07) is 39.1. The normalized spacial score (nSPS) is 13.9. The quantitative estimate of drug-likeness (QED) is 0.186. The molecule has 206 valence electrons. The van der Waals surface area contributed by atoms with Crippen LogP contribution in [0.15, 0.2) is 164 Å². The number of thiophene rings is 1. The van der Waals surface area contributed by atoms with Crippen LogP contribution in [0.3, 0.4) is 0 Å². The minimum Gasteiger partial charge on any atom is -0.308 e. The fraction of sp³-hybridized carbons (Fsp3) is 0. The Morgan fingerprint density at radius 3 is 2.02 bits per heavy atom. The summed E-state index contributed by atoms with van der Waals surface area (Å²) in [6.45, 7) is 0. The summed E-state index contributed by atoms with van der Waals surface area (Å²) in [7, 11) is 0. The maximum absolute atomic E-state index is 9.44. The average molecular weight is 585 g/mol. The summed E-state index contributed by atoms with van der Waals surface area (Å²) in [5, 5.41) is 6.74. The second kappa shape index (κ2) is 10.1. The molecule has 0 fully saturated rings. The van der Waals surface area contributed by atoms with E-state index >= 15 is 0 Å². The van der Waals surface area contributed by atoms with E-state index in [4.69, 9.17) is 8.22 Å². The third-order valence-corrected chi connectivity index (χ3v) is 9.47. The van der Waals surface area contributed by atoms with E-state index in [9.17, 15) is 1.37 Å². The SMILES string of the molecule is [2H]c1c([2H])c([2H])c2c(sc3c(N(c4ccc(-c5cccc6ccccc56)cc4)c4cc5ccccc5c5ccccc45)c([2H])c([2H])c([2H])c32)c1[2H]. The first-order valence-corrected chi connectivity index (χ1v) is 15.3. The zero-order valence-corrected chi connectivity index (χ0v) is 24.2. The van der Waals surface area contributed by atoms with Gasteiger partial charge in [-0.25, -0.2) is 0 Å². The van der Waals surface area contributed by atoms with Gasteiger partial charge in [0, 0.05) is 26.5 Å². The molecule has 1 heterocycles. The van der Waals surface area contributed by atoms with Crippen molar-refractivity contribution in [1.29, 1.82) is 0 Å². The number of anilines is 3. The van der Waals surface area contributed by atoms with E-state index in [1.54, 1.807) is 0 Å². The molecule has 0 aliphatic carbocycles. The average Bonchev–Trinajstić information content (AvgIpc) is 3.57. The third kappa shape index (κ3) is 3.92. The van der Waals surface area contributed by atoms with Crippen molar-refractivity contribution in [2.24, 2.45) is 0 Å². The molecule has 44 heavy (non-hydrogen) atoms. The Labute approximate surface area is 269 Å². The van der Waals surface area contributed by atoms with Crippen LogP contribution in [0.2, 0.25) is 0 Å². The van der Waals surface area contributed by atoms with Crippen molar-refractivity contribution in [1.82, 2.24) is 0 Å². The molecule has 0 saturated heterocycles. The molecule has 0 N–H and O–H groups in total. The molecule has 0 aliphatic rings. The van der Waals surface area contributed by atoms with Crippen LogP contribution in [-0.2, 0) is 0 Å². The highest BCUT2D eigenvalue weighted by atomic mass is 32.1. The number of fused-ring (bicyclic) bond motifs is 7. The summed E-state index contributed by atoms with van der Waals surface area (Å²) in [6.07, 6.45) is 0. The Kier molecular flexibility index (Phi) is 4.35. The molecule has 1 nitrogen and oxygen atoms in total. The monoisotopic (exact) mass is 584 g/mol. The number of hydrogen-bond acceptors (Lipinski definition) is 2. The highest BCUT2D eigenvalue weighted by molar-refractivity contribution is 7.26. The van der Waals surface area contributed by atoms with Crippen molar-refractivity contribution in [3.05, 3.63) is 164 Å². The van der Waals surface area contributed by atoms with Crippen molar-refractivity contribution >= 4 is 80.9 Å². The zero-order chi connectivity index (χ0) is 35.1. The molecule has 2 heteroatoms. The van der Waals surface area contributed by atoms with E-state index in [-0.39, 0.29) is 47.0 Å². The van der Waals surface area contributed by atoms with E-state index in [2.05, 4.69) is 60.7 Å². The van der Waals surface area contributed by atoms with Gasteiger partial charge < -0.3 is 4.90 Å². The third-order valence-electron chi connectivity index (χ3n) is 8.35. The standard InChI is InChI=1S/C42H27NS/c1-3-14-32-28(11-1)13-9-19-33(32)29-23-25-31(26-24-29)43(39-21-10-20-38-37-18-7-8-22-41(37)44-42(38)39)40-27-30-12-2-4-15-34(30)35-16-5-6-17-36(35)40/h1-27H/i7D,8D,10D,18D,20D,21D,22D. The second-order valence-corrected chi connectivity index (χ2v) is 11.8. The molecule has 0 saturated carbocycles. The van der Waals surface area contributed by atoms with Crippen LogP contribution in [0.1, 0.15) is 9.60 Å². The van der Waals surface area contributed by atoms with Crippen molar-refractivity contribution in [2.75, 3.05) is 4.90 Å². The van der Waals surface area contributed by atoms with E-state index < -0.39 is 6.04 Å². The smallest absolute Gasteiger partial charge is 0.0645 e. The lowest BCUT2D eigenvalue weighted by Gasteiger charge is -2.28. The molecule has 9 rings (SSSR count). The lowest BCUT2D eigenvalue weighted by Crippen LogP contribution is -2.10. The van der Waals surface area contributed by atoms with Crippen LogP contribution in [-0.4, -0.2) is 0 Å². The highest BCUT2D eigenvalue weighted by Gasteiger charge is 2.21. The first-order valence-electron chi connectivity index (χ1n) is 18.0. The molecule has 1 aromatic heterocycles. The molecule has 0 spiro atoms. The van der Waals surface area contributed by atoms with Gasteiger partial charge in [0.05, 0.1) is 25.7 Å². The lowest BCUT2D eigenvalue weighted by atomic mass is 9.97. The molecule has 0 atom stereocenters. The van der Waals surface area contributed by atoms with E-state index in [0.717, 1.165) is 66.2 Å². The van der Waals surface area contributed by atoms with Crippen molar-refractivity contribution in [3.63, 3.8) is 0 Å². The van der Waals surface area contributed by atoms with Crippen LogP contribution in [0.25, 0.3) is 63.6 Å². The van der Waals surface area contributed by atoms with Crippen molar-refractivity contribution in [2.45, 2.75) is 0 Å². The van der Waals surface area contributed by atoms with Gasteiger partial charge in [0.1, 0.15) is 0 Å². The summed E-state index contributed by atoms with van der Waals surface area (Å²) in [4.78, 5) is 1.97. The van der Waals surface area contributed by atoms with Crippen LogP contribution >= 0.6 is 11.3 Å². The van der Waals surface area contributed by atoms with Crippen LogP contribution < -0.4 is 4.90 Å². The van der Waals surface area contributed by atoms with Gasteiger partial charge in [-0.1, -0.05) is 133 Å². The minimum absolute atomic E-state index is 0.162. The maximum atomic E-state index is 9.44. The van der Waals surface area contributed by atoms with Gasteiger partial charge in [0.25, 0.3) is 0 Å². The molecule has 8 aromatic carbocycles. The first kappa shape index (κ1) is 19.0. The van der Waals surface area contributed by atoms with Gasteiger partial charge in [0.2, 0.25) is 0 Å². The van der Waals surface area contributed by atoms with Crippen molar-refractivity contribution in [3.8, 4) is 11.1 Å². The van der Waals surface area contributed by atoms with Gasteiger partial charge in [-0.3, -0.25) is 0 Å². The number of benzene rings is 8. The number of nitrogens with zero attached hydrogens (tertiary/aromatic N) is 1. The van der Waals surface area contributed by atoms with E-state index in [1.807, 2.05) is 65.6 Å². The molecule has 0 unspecified atom stereocenters. The predicted molar refractivity (Wildman–Crippen MR) is 192 cm³/mol. The van der Waals surface area contributed by atoms with Gasteiger partial charge in [-0.05, 0) is 68.3 Å². The molecular formula is C42H27NS. The predicted octanol–water partition coefficient (Wildman–Crippen LogP) is 12.7. The fourth-order valence-corrected chi connectivity index (χ4v) is 7.40. The Bertz CT molecular complexity index is 2890. The summed E-state index contributed by atoms with van der Waals surface area (Å²) < 4.78 is 62.6. The highest BCUT2D eigenvalue weighted by Crippen LogP contribution is 2.47.